The molecule has 32 heavy (non-hydrogen) atoms. The summed E-state index contributed by atoms with van der Waals surface area (Å²) in [7, 11) is 0. The average Bonchev–Trinajstić information content (AvgIpc) is 3.24. The molecule has 3 atom stereocenters. The second kappa shape index (κ2) is 8.19. The Hall–Kier alpha value is -2.39. The molecule has 2 aliphatic heterocycles. The van der Waals surface area contributed by atoms with Gasteiger partial charge in [0.15, 0.2) is 0 Å². The number of amides is 2. The van der Waals surface area contributed by atoms with Crippen molar-refractivity contribution in [1.82, 2.24) is 20.2 Å². The number of thioether (sulfide) groups is 1. The number of aromatic nitrogens is 2. The third-order valence-corrected chi connectivity index (χ3v) is 8.69. The van der Waals surface area contributed by atoms with Gasteiger partial charge in [-0.25, -0.2) is 9.78 Å². The second-order valence-electron chi connectivity index (χ2n) is 9.38. The third kappa shape index (κ3) is 4.03. The van der Waals surface area contributed by atoms with Crippen LogP contribution >= 0.6 is 23.1 Å². The Morgan fingerprint density at radius 1 is 1.41 bits per heavy atom. The summed E-state index contributed by atoms with van der Waals surface area (Å²) in [5.74, 6) is -0.258. The quantitative estimate of drug-likeness (QED) is 0.645. The molecule has 9 heteroatoms. The van der Waals surface area contributed by atoms with Crippen molar-refractivity contribution in [2.24, 2.45) is 5.41 Å². The van der Waals surface area contributed by atoms with Crippen molar-refractivity contribution in [2.75, 3.05) is 6.54 Å². The Morgan fingerprint density at radius 3 is 2.81 bits per heavy atom. The van der Waals surface area contributed by atoms with Crippen LogP contribution in [0.25, 0.3) is 15.8 Å². The molecule has 0 saturated carbocycles. The van der Waals surface area contributed by atoms with Crippen LogP contribution in [-0.2, 0) is 9.53 Å². The number of ether oxygens (including phenoxy) is 1. The van der Waals surface area contributed by atoms with Gasteiger partial charge in [-0.1, -0.05) is 13.5 Å². The van der Waals surface area contributed by atoms with Crippen LogP contribution in [0.15, 0.2) is 36.1 Å². The summed E-state index contributed by atoms with van der Waals surface area (Å²) in [6, 6.07) is 1.87. The predicted molar refractivity (Wildman–Crippen MR) is 129 cm³/mol. The molecule has 170 valence electrons. The number of hydrogen-bond acceptors (Lipinski definition) is 7. The van der Waals surface area contributed by atoms with Gasteiger partial charge in [-0.2, -0.15) is 0 Å². The van der Waals surface area contributed by atoms with Gasteiger partial charge >= 0.3 is 6.09 Å². The SMILES string of the molecule is C=CC(=O)NC1=C(c2nc3cnccc3s2)C2(C)CCN(C(=O)OC(C)(C)C)[C@H](C)C2S1. The lowest BCUT2D eigenvalue weighted by Gasteiger charge is -2.47. The molecule has 2 aliphatic rings. The Bertz CT molecular complexity index is 1090. The van der Waals surface area contributed by atoms with Gasteiger partial charge in [0, 0.05) is 35.0 Å². The molecule has 1 N–H and O–H groups in total. The second-order valence-corrected chi connectivity index (χ2v) is 11.6. The van der Waals surface area contributed by atoms with Crippen LogP contribution < -0.4 is 5.32 Å². The largest absolute Gasteiger partial charge is 0.444 e. The van der Waals surface area contributed by atoms with Gasteiger partial charge in [0.1, 0.15) is 16.1 Å². The highest BCUT2D eigenvalue weighted by Crippen LogP contribution is 2.60. The number of nitrogens with zero attached hydrogens (tertiary/aromatic N) is 3. The maximum atomic E-state index is 12.9. The first-order valence-corrected chi connectivity index (χ1v) is 12.3. The fourth-order valence-corrected chi connectivity index (χ4v) is 7.28. The number of allylic oxidation sites excluding steroid dienone is 1. The molecule has 0 radical (unpaired) electrons. The fraction of sp³-hybridized carbons (Fsp3) is 0.478. The van der Waals surface area contributed by atoms with Gasteiger partial charge in [0.2, 0.25) is 5.91 Å². The van der Waals surface area contributed by atoms with Crippen molar-refractivity contribution in [2.45, 2.75) is 57.9 Å². The lowest BCUT2D eigenvalue weighted by atomic mass is 9.72. The number of carbonyl (C=O) groups is 2. The maximum absolute atomic E-state index is 12.9. The number of hydrogen-bond donors (Lipinski definition) is 1. The minimum absolute atomic E-state index is 0.0454. The summed E-state index contributed by atoms with van der Waals surface area (Å²) in [6.45, 7) is 14.0. The molecule has 0 aromatic carbocycles. The van der Waals surface area contributed by atoms with E-state index in [0.29, 0.717) is 6.54 Å². The number of piperidine rings is 1. The first-order valence-electron chi connectivity index (χ1n) is 10.6. The summed E-state index contributed by atoms with van der Waals surface area (Å²) < 4.78 is 6.70. The van der Waals surface area contributed by atoms with Crippen LogP contribution in [0.3, 0.4) is 0 Å². The molecule has 2 unspecified atom stereocenters. The van der Waals surface area contributed by atoms with Crippen LogP contribution in [0.1, 0.15) is 46.0 Å². The molecule has 1 fully saturated rings. The maximum Gasteiger partial charge on any atom is 0.410 e. The van der Waals surface area contributed by atoms with E-state index in [9.17, 15) is 9.59 Å². The Kier molecular flexibility index (Phi) is 5.83. The van der Waals surface area contributed by atoms with Crippen LogP contribution in [-0.4, -0.2) is 50.3 Å². The van der Waals surface area contributed by atoms with Crippen molar-refractivity contribution >= 4 is 50.9 Å². The predicted octanol–water partition coefficient (Wildman–Crippen LogP) is 4.81. The molecule has 4 heterocycles. The molecule has 4 rings (SSSR count). The first-order chi connectivity index (χ1) is 15.0. The highest BCUT2D eigenvalue weighted by molar-refractivity contribution is 8.04. The Morgan fingerprint density at radius 2 is 2.16 bits per heavy atom. The van der Waals surface area contributed by atoms with Crippen molar-refractivity contribution in [3.63, 3.8) is 0 Å². The van der Waals surface area contributed by atoms with Crippen LogP contribution in [0.4, 0.5) is 4.79 Å². The number of rotatable bonds is 3. The summed E-state index contributed by atoms with van der Waals surface area (Å²) in [5, 5.41) is 4.72. The molecule has 2 aromatic rings. The van der Waals surface area contributed by atoms with E-state index in [0.717, 1.165) is 32.2 Å². The molecule has 0 spiro atoms. The van der Waals surface area contributed by atoms with E-state index in [1.165, 1.54) is 6.08 Å². The van der Waals surface area contributed by atoms with Gasteiger partial charge in [-0.15, -0.1) is 23.1 Å². The lowest BCUT2D eigenvalue weighted by molar-refractivity contribution is -0.115. The number of pyridine rings is 1. The molecule has 0 bridgehead atoms. The first kappa shape index (κ1) is 22.8. The summed E-state index contributed by atoms with van der Waals surface area (Å²) in [4.78, 5) is 36.0. The molecule has 7 nitrogen and oxygen atoms in total. The average molecular weight is 473 g/mol. The van der Waals surface area contributed by atoms with Gasteiger partial charge in [0.05, 0.1) is 15.9 Å². The van der Waals surface area contributed by atoms with Crippen LogP contribution in [0.2, 0.25) is 0 Å². The monoisotopic (exact) mass is 472 g/mol. The smallest absolute Gasteiger partial charge is 0.410 e. The van der Waals surface area contributed by atoms with Crippen molar-refractivity contribution in [3.05, 3.63) is 41.2 Å². The highest BCUT2D eigenvalue weighted by atomic mass is 32.2. The van der Waals surface area contributed by atoms with E-state index in [4.69, 9.17) is 9.72 Å². The van der Waals surface area contributed by atoms with E-state index in [1.807, 2.05) is 31.7 Å². The molecule has 2 aromatic heterocycles. The summed E-state index contributed by atoms with van der Waals surface area (Å²) in [5.41, 5.74) is 1.04. The minimum Gasteiger partial charge on any atom is -0.444 e. The van der Waals surface area contributed by atoms with Gasteiger partial charge in [0.25, 0.3) is 0 Å². The van der Waals surface area contributed by atoms with Crippen molar-refractivity contribution in [3.8, 4) is 0 Å². The van der Waals surface area contributed by atoms with Crippen molar-refractivity contribution < 1.29 is 14.3 Å². The van der Waals surface area contributed by atoms with Gasteiger partial charge < -0.3 is 15.0 Å². The molecule has 1 saturated heterocycles. The molecule has 0 aliphatic carbocycles. The van der Waals surface area contributed by atoms with Crippen LogP contribution in [0.5, 0.6) is 0 Å². The Balaban J connectivity index is 1.73. The van der Waals surface area contributed by atoms with Gasteiger partial charge in [-0.05, 0) is 46.3 Å². The third-order valence-electron chi connectivity index (χ3n) is 5.93. The van der Waals surface area contributed by atoms with Gasteiger partial charge in [-0.3, -0.25) is 9.78 Å². The zero-order valence-corrected chi connectivity index (χ0v) is 20.6. The van der Waals surface area contributed by atoms with E-state index in [-0.39, 0.29) is 28.7 Å². The summed E-state index contributed by atoms with van der Waals surface area (Å²) in [6.07, 6.45) is 5.23. The number of likely N-dealkylation sites (tertiary alicyclic amines) is 1. The lowest BCUT2D eigenvalue weighted by Crippen LogP contribution is -2.55. The van der Waals surface area contributed by atoms with E-state index >= 15 is 0 Å². The van der Waals surface area contributed by atoms with E-state index in [1.54, 1.807) is 35.5 Å². The number of fused-ring (bicyclic) bond motifs is 2. The Labute approximate surface area is 196 Å². The summed E-state index contributed by atoms with van der Waals surface area (Å²) >= 11 is 3.20. The fourth-order valence-electron chi connectivity index (χ4n) is 4.40. The zero-order valence-electron chi connectivity index (χ0n) is 19.0. The van der Waals surface area contributed by atoms with E-state index < -0.39 is 5.60 Å². The highest BCUT2D eigenvalue weighted by Gasteiger charge is 2.54. The topological polar surface area (TPSA) is 84.4 Å². The number of thiazole rings is 1. The van der Waals surface area contributed by atoms with Crippen molar-refractivity contribution in [1.29, 1.82) is 0 Å². The number of carbonyl (C=O) groups excluding carboxylic acids is 2. The standard InChI is InChI=1S/C23H28N4O3S2/c1-7-16(28)26-20-17(19-25-14-12-24-10-8-15(14)31-19)23(6)9-11-27(13(2)18(23)32-20)21(29)30-22(3,4)5/h7-8,10,12-13,18H,1,9,11H2,2-6H3,(H,26,28)/t13-,18?,23?/m1/s1. The number of nitrogens with one attached hydrogen (secondary N) is 1. The molecule has 2 amide bonds. The zero-order chi connectivity index (χ0) is 23.3. The normalized spacial score (nSPS) is 25.6. The minimum atomic E-state index is -0.554. The van der Waals surface area contributed by atoms with Crippen LogP contribution in [0, 0.1) is 5.41 Å². The van der Waals surface area contributed by atoms with E-state index in [2.05, 4.69) is 30.7 Å². The molecular formula is C23H28N4O3S2. The molecular weight excluding hydrogens is 444 g/mol.